The molecule has 1 saturated heterocycles. The number of aromatic amines is 1. The summed E-state index contributed by atoms with van der Waals surface area (Å²) in [6.07, 6.45) is 0. The number of fused-ring (bicyclic) bond motifs is 1. The Morgan fingerprint density at radius 3 is 2.33 bits per heavy atom. The number of carbonyl (C=O) groups excluding carboxylic acids is 1. The predicted octanol–water partition coefficient (Wildman–Crippen LogP) is 4.81. The molecular formula is C26H25Cl2N5O3. The van der Waals surface area contributed by atoms with Crippen LogP contribution in [0.15, 0.2) is 54.6 Å². The third kappa shape index (κ3) is 5.73. The Morgan fingerprint density at radius 2 is 1.64 bits per heavy atom. The van der Waals surface area contributed by atoms with Gasteiger partial charge in [0.25, 0.3) is 5.91 Å². The second kappa shape index (κ2) is 10.7. The molecule has 4 aromatic rings. The van der Waals surface area contributed by atoms with E-state index in [4.69, 9.17) is 32.7 Å². The molecule has 5 rings (SSSR count). The number of amides is 1. The third-order valence-electron chi connectivity index (χ3n) is 6.10. The molecule has 1 N–H and O–H groups in total. The van der Waals surface area contributed by atoms with Gasteiger partial charge in [-0.3, -0.25) is 9.69 Å². The summed E-state index contributed by atoms with van der Waals surface area (Å²) in [6, 6.07) is 16.5. The second-order valence-electron chi connectivity index (χ2n) is 8.57. The van der Waals surface area contributed by atoms with Crippen molar-refractivity contribution in [2.24, 2.45) is 0 Å². The number of hydrogen-bond donors (Lipinski definition) is 1. The van der Waals surface area contributed by atoms with Crippen LogP contribution in [0.1, 0.15) is 21.7 Å². The number of rotatable bonds is 7. The monoisotopic (exact) mass is 525 g/mol. The number of ether oxygens (including phenoxy) is 2. The van der Waals surface area contributed by atoms with Gasteiger partial charge >= 0.3 is 0 Å². The van der Waals surface area contributed by atoms with E-state index in [9.17, 15) is 4.79 Å². The Hall–Kier alpha value is -3.33. The van der Waals surface area contributed by atoms with Crippen LogP contribution in [-0.2, 0) is 13.2 Å². The molecule has 36 heavy (non-hydrogen) atoms. The number of halogens is 2. The number of methoxy groups -OCH3 is 1. The quantitative estimate of drug-likeness (QED) is 0.348. The fraction of sp³-hybridized carbons (Fsp3) is 0.269. The lowest BCUT2D eigenvalue weighted by molar-refractivity contribution is 0.0628. The van der Waals surface area contributed by atoms with Crippen molar-refractivity contribution in [2.75, 3.05) is 33.3 Å². The first kappa shape index (κ1) is 24.4. The van der Waals surface area contributed by atoms with Gasteiger partial charge in [0.1, 0.15) is 34.2 Å². The number of imidazole rings is 1. The molecule has 186 valence electrons. The Morgan fingerprint density at radius 1 is 0.944 bits per heavy atom. The van der Waals surface area contributed by atoms with Crippen LogP contribution in [0.25, 0.3) is 11.0 Å². The van der Waals surface area contributed by atoms with E-state index >= 15 is 0 Å². The number of nitrogens with one attached hydrogen (secondary N) is 1. The van der Waals surface area contributed by atoms with Crippen LogP contribution in [0, 0.1) is 0 Å². The summed E-state index contributed by atoms with van der Waals surface area (Å²) >= 11 is 12.0. The molecule has 0 atom stereocenters. The molecule has 0 radical (unpaired) electrons. The number of hydrogen-bond acceptors (Lipinski definition) is 6. The maximum absolute atomic E-state index is 13.0. The molecule has 10 heteroatoms. The smallest absolute Gasteiger partial charge is 0.253 e. The summed E-state index contributed by atoms with van der Waals surface area (Å²) in [5, 5.41) is 0.772. The Bertz CT molecular complexity index is 1350. The molecule has 0 spiro atoms. The first-order valence-electron chi connectivity index (χ1n) is 11.6. The van der Waals surface area contributed by atoms with Crippen molar-refractivity contribution in [2.45, 2.75) is 13.2 Å². The summed E-state index contributed by atoms with van der Waals surface area (Å²) in [7, 11) is 1.63. The van der Waals surface area contributed by atoms with Crippen molar-refractivity contribution >= 4 is 40.1 Å². The van der Waals surface area contributed by atoms with Crippen LogP contribution in [0.4, 0.5) is 0 Å². The van der Waals surface area contributed by atoms with Crippen molar-refractivity contribution in [3.05, 3.63) is 81.9 Å². The van der Waals surface area contributed by atoms with Gasteiger partial charge in [-0.1, -0.05) is 23.2 Å². The van der Waals surface area contributed by atoms with E-state index in [1.165, 1.54) is 0 Å². The number of H-pyrrole nitrogens is 1. The maximum Gasteiger partial charge on any atom is 0.253 e. The lowest BCUT2D eigenvalue weighted by Crippen LogP contribution is -2.48. The van der Waals surface area contributed by atoms with Crippen LogP contribution >= 0.6 is 23.2 Å². The van der Waals surface area contributed by atoms with Crippen molar-refractivity contribution in [3.8, 4) is 11.5 Å². The first-order chi connectivity index (χ1) is 17.5. The minimum atomic E-state index is 0.0161. The molecule has 1 aliphatic rings. The summed E-state index contributed by atoms with van der Waals surface area (Å²) in [6.45, 7) is 3.86. The molecule has 3 heterocycles. The molecule has 2 aromatic carbocycles. The lowest BCUT2D eigenvalue weighted by atomic mass is 10.1. The van der Waals surface area contributed by atoms with Gasteiger partial charge in [-0.05, 0) is 54.1 Å². The van der Waals surface area contributed by atoms with E-state index < -0.39 is 0 Å². The largest absolute Gasteiger partial charge is 0.497 e. The average Bonchev–Trinajstić information content (AvgIpc) is 3.29. The van der Waals surface area contributed by atoms with Crippen LogP contribution in [0.5, 0.6) is 11.5 Å². The SMILES string of the molecule is COc1ccc2nc(COc3ccc(C(=O)N4CCN(Cc5cc(Cl)nc(Cl)c5)CC4)cc3)[nH]c2c1. The lowest BCUT2D eigenvalue weighted by Gasteiger charge is -2.34. The molecule has 0 saturated carbocycles. The minimum Gasteiger partial charge on any atom is -0.497 e. The first-order valence-corrected chi connectivity index (χ1v) is 12.3. The minimum absolute atomic E-state index is 0.0161. The van der Waals surface area contributed by atoms with Gasteiger partial charge in [0.15, 0.2) is 0 Å². The summed E-state index contributed by atoms with van der Waals surface area (Å²) in [5.41, 5.74) is 3.39. The number of piperazine rings is 1. The van der Waals surface area contributed by atoms with Crippen LogP contribution in [0.2, 0.25) is 10.3 Å². The molecule has 1 fully saturated rings. The van der Waals surface area contributed by atoms with E-state index in [0.717, 1.165) is 42.0 Å². The van der Waals surface area contributed by atoms with Crippen LogP contribution in [-0.4, -0.2) is 63.9 Å². The average molecular weight is 526 g/mol. The normalized spacial score (nSPS) is 14.2. The van der Waals surface area contributed by atoms with Gasteiger partial charge in [-0.25, -0.2) is 9.97 Å². The zero-order valence-corrected chi connectivity index (χ0v) is 21.2. The number of carbonyl (C=O) groups is 1. The van der Waals surface area contributed by atoms with Crippen molar-refractivity contribution in [1.29, 1.82) is 0 Å². The van der Waals surface area contributed by atoms with Gasteiger partial charge in [0.2, 0.25) is 0 Å². The van der Waals surface area contributed by atoms with E-state index in [2.05, 4.69) is 19.9 Å². The molecular weight excluding hydrogens is 501 g/mol. The predicted molar refractivity (Wildman–Crippen MR) is 139 cm³/mol. The zero-order valence-electron chi connectivity index (χ0n) is 19.7. The van der Waals surface area contributed by atoms with E-state index in [-0.39, 0.29) is 5.91 Å². The van der Waals surface area contributed by atoms with E-state index in [1.54, 1.807) is 19.2 Å². The van der Waals surface area contributed by atoms with Gasteiger partial charge in [0.05, 0.1) is 18.1 Å². The topological polar surface area (TPSA) is 83.6 Å². The highest BCUT2D eigenvalue weighted by molar-refractivity contribution is 6.32. The van der Waals surface area contributed by atoms with Gasteiger partial charge in [-0.15, -0.1) is 0 Å². The molecule has 0 unspecified atom stereocenters. The third-order valence-corrected chi connectivity index (χ3v) is 6.49. The number of benzene rings is 2. The van der Waals surface area contributed by atoms with Crippen LogP contribution < -0.4 is 9.47 Å². The second-order valence-corrected chi connectivity index (χ2v) is 9.34. The number of nitrogens with zero attached hydrogens (tertiary/aromatic N) is 4. The van der Waals surface area contributed by atoms with E-state index in [1.807, 2.05) is 47.4 Å². The van der Waals surface area contributed by atoms with Crippen LogP contribution in [0.3, 0.4) is 0 Å². The van der Waals surface area contributed by atoms with Gasteiger partial charge in [0, 0.05) is 44.4 Å². The standard InChI is InChI=1S/C26H25Cl2N5O3/c1-35-20-6-7-21-22(14-20)30-25(29-21)16-36-19-4-2-18(3-5-19)26(34)33-10-8-32(9-11-33)15-17-12-23(27)31-24(28)13-17/h2-7,12-14H,8-11,15-16H2,1H3,(H,29,30). The van der Waals surface area contributed by atoms with Crippen molar-refractivity contribution < 1.29 is 14.3 Å². The number of aromatic nitrogens is 3. The molecule has 1 aliphatic heterocycles. The maximum atomic E-state index is 13.0. The highest BCUT2D eigenvalue weighted by Crippen LogP contribution is 2.21. The molecule has 2 aromatic heterocycles. The van der Waals surface area contributed by atoms with Crippen molar-refractivity contribution in [3.63, 3.8) is 0 Å². The zero-order chi connectivity index (χ0) is 25.1. The molecule has 0 aliphatic carbocycles. The summed E-state index contributed by atoms with van der Waals surface area (Å²) < 4.78 is 11.1. The van der Waals surface area contributed by atoms with Gasteiger partial charge < -0.3 is 19.4 Å². The fourth-order valence-corrected chi connectivity index (χ4v) is 4.74. The Labute approximate surface area is 218 Å². The highest BCUT2D eigenvalue weighted by Gasteiger charge is 2.22. The van der Waals surface area contributed by atoms with Crippen molar-refractivity contribution in [1.82, 2.24) is 24.8 Å². The summed E-state index contributed by atoms with van der Waals surface area (Å²) in [4.78, 5) is 28.9. The van der Waals surface area contributed by atoms with Gasteiger partial charge in [-0.2, -0.15) is 0 Å². The molecule has 1 amide bonds. The number of pyridine rings is 1. The molecule has 8 nitrogen and oxygen atoms in total. The Kier molecular flexibility index (Phi) is 7.27. The molecule has 0 bridgehead atoms. The fourth-order valence-electron chi connectivity index (χ4n) is 4.24. The summed E-state index contributed by atoms with van der Waals surface area (Å²) in [5.74, 6) is 2.17. The van der Waals surface area contributed by atoms with E-state index in [0.29, 0.717) is 47.1 Å². The Balaban J connectivity index is 1.13. The highest BCUT2D eigenvalue weighted by atomic mass is 35.5.